The monoisotopic (exact) mass is 268 g/mol. The molecule has 100 valence electrons. The van der Waals surface area contributed by atoms with E-state index in [2.05, 4.69) is 9.97 Å². The predicted molar refractivity (Wildman–Crippen MR) is 76.0 cm³/mol. The van der Waals surface area contributed by atoms with Crippen molar-refractivity contribution in [2.75, 3.05) is 7.11 Å². The SMILES string of the molecule is COc1ccc(-c2c(O)c3cccnc3[nH]c2=O)cc1. The van der Waals surface area contributed by atoms with Gasteiger partial charge in [-0.1, -0.05) is 12.1 Å². The molecule has 20 heavy (non-hydrogen) atoms. The van der Waals surface area contributed by atoms with Crippen LogP contribution in [0.1, 0.15) is 0 Å². The van der Waals surface area contributed by atoms with Gasteiger partial charge < -0.3 is 14.8 Å². The van der Waals surface area contributed by atoms with E-state index in [9.17, 15) is 9.90 Å². The van der Waals surface area contributed by atoms with Crippen LogP contribution >= 0.6 is 0 Å². The third-order valence-electron chi connectivity index (χ3n) is 3.14. The number of benzene rings is 1. The average Bonchev–Trinajstić information content (AvgIpc) is 2.48. The first-order chi connectivity index (χ1) is 9.70. The number of fused-ring (bicyclic) bond motifs is 1. The van der Waals surface area contributed by atoms with Crippen LogP contribution in [0.2, 0.25) is 0 Å². The Balaban J connectivity index is 2.27. The smallest absolute Gasteiger partial charge is 0.261 e. The van der Waals surface area contributed by atoms with Crippen molar-refractivity contribution >= 4 is 11.0 Å². The second kappa shape index (κ2) is 4.70. The zero-order valence-corrected chi connectivity index (χ0v) is 10.8. The molecule has 0 radical (unpaired) electrons. The maximum absolute atomic E-state index is 12.1. The topological polar surface area (TPSA) is 75.2 Å². The van der Waals surface area contributed by atoms with Crippen molar-refractivity contribution in [1.82, 2.24) is 9.97 Å². The minimum absolute atomic E-state index is 0.0676. The van der Waals surface area contributed by atoms with E-state index in [1.54, 1.807) is 49.7 Å². The fourth-order valence-corrected chi connectivity index (χ4v) is 2.13. The molecule has 0 aliphatic rings. The van der Waals surface area contributed by atoms with Crippen LogP contribution in [0.4, 0.5) is 0 Å². The molecule has 0 fully saturated rings. The van der Waals surface area contributed by atoms with Crippen LogP contribution in [0.15, 0.2) is 47.4 Å². The molecule has 5 nitrogen and oxygen atoms in total. The molecule has 3 aromatic rings. The highest BCUT2D eigenvalue weighted by Gasteiger charge is 2.14. The molecule has 0 bridgehead atoms. The summed E-state index contributed by atoms with van der Waals surface area (Å²) in [6.07, 6.45) is 1.56. The average molecular weight is 268 g/mol. The number of aromatic hydroxyl groups is 1. The number of pyridine rings is 2. The molecule has 0 spiro atoms. The molecule has 0 atom stereocenters. The van der Waals surface area contributed by atoms with Gasteiger partial charge in [0, 0.05) is 6.20 Å². The van der Waals surface area contributed by atoms with Crippen LogP contribution < -0.4 is 10.3 Å². The minimum atomic E-state index is -0.376. The van der Waals surface area contributed by atoms with Crippen LogP contribution in [0, 0.1) is 0 Å². The second-order valence-electron chi connectivity index (χ2n) is 4.31. The number of methoxy groups -OCH3 is 1. The molecule has 0 saturated carbocycles. The van der Waals surface area contributed by atoms with Gasteiger partial charge in [0.2, 0.25) is 0 Å². The summed E-state index contributed by atoms with van der Waals surface area (Å²) in [6.45, 7) is 0. The number of hydrogen-bond donors (Lipinski definition) is 2. The van der Waals surface area contributed by atoms with Gasteiger partial charge in [-0.2, -0.15) is 0 Å². The molecule has 1 aromatic carbocycles. The normalized spacial score (nSPS) is 10.7. The van der Waals surface area contributed by atoms with Crippen molar-refractivity contribution in [1.29, 1.82) is 0 Å². The number of hydrogen-bond acceptors (Lipinski definition) is 4. The molecule has 0 aliphatic heterocycles. The molecular formula is C15H12N2O3. The summed E-state index contributed by atoms with van der Waals surface area (Å²) in [7, 11) is 1.57. The lowest BCUT2D eigenvalue weighted by Gasteiger charge is -2.07. The minimum Gasteiger partial charge on any atom is -0.506 e. The highest BCUT2D eigenvalue weighted by molar-refractivity contribution is 5.89. The van der Waals surface area contributed by atoms with Crippen molar-refractivity contribution in [2.45, 2.75) is 0 Å². The van der Waals surface area contributed by atoms with E-state index < -0.39 is 0 Å². The predicted octanol–water partition coefficient (Wildman–Crippen LogP) is 2.30. The van der Waals surface area contributed by atoms with Crippen LogP contribution in [-0.2, 0) is 0 Å². The summed E-state index contributed by atoms with van der Waals surface area (Å²) in [4.78, 5) is 18.8. The summed E-state index contributed by atoms with van der Waals surface area (Å²) < 4.78 is 5.08. The van der Waals surface area contributed by atoms with Gasteiger partial charge in [0.15, 0.2) is 0 Å². The number of nitrogens with zero attached hydrogens (tertiary/aromatic N) is 1. The van der Waals surface area contributed by atoms with Crippen LogP contribution in [0.5, 0.6) is 11.5 Å². The number of aromatic amines is 1. The van der Waals surface area contributed by atoms with Gasteiger partial charge in [0.25, 0.3) is 5.56 Å². The lowest BCUT2D eigenvalue weighted by molar-refractivity contribution is 0.415. The van der Waals surface area contributed by atoms with E-state index in [0.717, 1.165) is 0 Å². The summed E-state index contributed by atoms with van der Waals surface area (Å²) in [5, 5.41) is 10.8. The lowest BCUT2D eigenvalue weighted by atomic mass is 10.0. The fraction of sp³-hybridized carbons (Fsp3) is 0.0667. The number of ether oxygens (including phenoxy) is 1. The Bertz CT molecular complexity index is 823. The van der Waals surface area contributed by atoms with Crippen molar-refractivity contribution in [2.24, 2.45) is 0 Å². The first kappa shape index (κ1) is 12.2. The van der Waals surface area contributed by atoms with Crippen molar-refractivity contribution in [3.63, 3.8) is 0 Å². The maximum Gasteiger partial charge on any atom is 0.261 e. The second-order valence-corrected chi connectivity index (χ2v) is 4.31. The zero-order valence-electron chi connectivity index (χ0n) is 10.8. The highest BCUT2D eigenvalue weighted by Crippen LogP contribution is 2.31. The highest BCUT2D eigenvalue weighted by atomic mass is 16.5. The Hall–Kier alpha value is -2.82. The van der Waals surface area contributed by atoms with Crippen LogP contribution in [0.3, 0.4) is 0 Å². The Kier molecular flexibility index (Phi) is 2.87. The van der Waals surface area contributed by atoms with E-state index in [0.29, 0.717) is 22.3 Å². The number of nitrogens with one attached hydrogen (secondary N) is 1. The summed E-state index contributed by atoms with van der Waals surface area (Å²) in [5.41, 5.74) is 0.842. The Morgan fingerprint density at radius 2 is 1.95 bits per heavy atom. The van der Waals surface area contributed by atoms with Gasteiger partial charge in [0.1, 0.15) is 17.1 Å². The maximum atomic E-state index is 12.1. The van der Waals surface area contributed by atoms with E-state index >= 15 is 0 Å². The molecule has 2 heterocycles. The molecule has 2 N–H and O–H groups in total. The summed E-state index contributed by atoms with van der Waals surface area (Å²) >= 11 is 0. The quantitative estimate of drug-likeness (QED) is 0.747. The van der Waals surface area contributed by atoms with Gasteiger partial charge in [0.05, 0.1) is 18.1 Å². The first-order valence-corrected chi connectivity index (χ1v) is 6.05. The van der Waals surface area contributed by atoms with Crippen LogP contribution in [-0.4, -0.2) is 22.2 Å². The molecule has 5 heteroatoms. The van der Waals surface area contributed by atoms with Gasteiger partial charge in [-0.05, 0) is 29.8 Å². The third kappa shape index (κ3) is 1.89. The van der Waals surface area contributed by atoms with E-state index in [1.165, 1.54) is 0 Å². The molecular weight excluding hydrogens is 256 g/mol. The largest absolute Gasteiger partial charge is 0.506 e. The van der Waals surface area contributed by atoms with Gasteiger partial charge in [-0.25, -0.2) is 4.98 Å². The number of rotatable bonds is 2. The molecule has 3 rings (SSSR count). The van der Waals surface area contributed by atoms with E-state index in [4.69, 9.17) is 4.74 Å². The van der Waals surface area contributed by atoms with Gasteiger partial charge in [-0.3, -0.25) is 4.79 Å². The Morgan fingerprint density at radius 1 is 1.20 bits per heavy atom. The molecule has 0 unspecified atom stereocenters. The Morgan fingerprint density at radius 3 is 2.65 bits per heavy atom. The van der Waals surface area contributed by atoms with Crippen molar-refractivity contribution in [3.8, 4) is 22.6 Å². The molecule has 0 amide bonds. The summed E-state index contributed by atoms with van der Waals surface area (Å²) in [6, 6.07) is 10.3. The Labute approximate surface area is 114 Å². The van der Waals surface area contributed by atoms with Crippen molar-refractivity contribution < 1.29 is 9.84 Å². The first-order valence-electron chi connectivity index (χ1n) is 6.05. The summed E-state index contributed by atoms with van der Waals surface area (Å²) in [5.74, 6) is 0.620. The zero-order chi connectivity index (χ0) is 14.1. The molecule has 0 aliphatic carbocycles. The van der Waals surface area contributed by atoms with E-state index in [-0.39, 0.29) is 16.9 Å². The van der Waals surface area contributed by atoms with Crippen molar-refractivity contribution in [3.05, 3.63) is 52.9 Å². The molecule has 0 saturated heterocycles. The standard InChI is InChI=1S/C15H12N2O3/c1-20-10-6-4-9(5-7-10)12-13(18)11-3-2-8-16-14(11)17-15(12)19/h2-8H,1H3,(H2,16,17,18,19). The van der Waals surface area contributed by atoms with E-state index in [1.807, 2.05) is 0 Å². The number of H-pyrrole nitrogens is 1. The van der Waals surface area contributed by atoms with Crippen LogP contribution in [0.25, 0.3) is 22.2 Å². The number of aromatic nitrogens is 2. The lowest BCUT2D eigenvalue weighted by Crippen LogP contribution is -2.10. The third-order valence-corrected chi connectivity index (χ3v) is 3.14. The van der Waals surface area contributed by atoms with Gasteiger partial charge >= 0.3 is 0 Å². The van der Waals surface area contributed by atoms with Gasteiger partial charge in [-0.15, -0.1) is 0 Å². The fourth-order valence-electron chi connectivity index (χ4n) is 2.13. The molecule has 2 aromatic heterocycles.